The van der Waals surface area contributed by atoms with E-state index >= 15 is 0 Å². The maximum Gasteiger partial charge on any atom is 0.259 e. The van der Waals surface area contributed by atoms with Gasteiger partial charge in [0, 0.05) is 43.3 Å². The van der Waals surface area contributed by atoms with Crippen LogP contribution in [0, 0.1) is 0 Å². The molecule has 5 heterocycles. The van der Waals surface area contributed by atoms with Crippen LogP contribution < -0.4 is 15.6 Å². The van der Waals surface area contributed by atoms with E-state index in [2.05, 4.69) is 36.5 Å². The Balaban J connectivity index is 1.23. The molecular formula is C28H28N8O3. The molecule has 1 aliphatic rings. The number of nitrogens with one attached hydrogen (secondary N) is 2. The van der Waals surface area contributed by atoms with Crippen LogP contribution in [0.4, 0.5) is 11.5 Å². The highest BCUT2D eigenvalue weighted by Crippen LogP contribution is 2.28. The predicted octanol–water partition coefficient (Wildman–Crippen LogP) is 3.33. The maximum atomic E-state index is 12.7. The first kappa shape index (κ1) is 24.7. The lowest BCUT2D eigenvalue weighted by molar-refractivity contribution is 0.0360. The van der Waals surface area contributed by atoms with E-state index in [0.29, 0.717) is 28.5 Å². The Hall–Kier alpha value is -4.61. The summed E-state index contributed by atoms with van der Waals surface area (Å²) in [6.45, 7) is 5.31. The molecule has 4 aromatic heterocycles. The van der Waals surface area contributed by atoms with Crippen molar-refractivity contribution in [2.75, 3.05) is 45.3 Å². The molecule has 0 atom stereocenters. The van der Waals surface area contributed by atoms with Gasteiger partial charge in [-0.1, -0.05) is 12.1 Å². The summed E-state index contributed by atoms with van der Waals surface area (Å²) in [5, 5.41) is 9.05. The number of nitrogens with zero attached hydrogens (tertiary/aromatic N) is 6. The molecular weight excluding hydrogens is 496 g/mol. The number of hydrogen-bond donors (Lipinski definition) is 2. The molecule has 1 saturated heterocycles. The summed E-state index contributed by atoms with van der Waals surface area (Å²) in [7, 11) is 1.54. The quantitative estimate of drug-likeness (QED) is 0.315. The van der Waals surface area contributed by atoms with Crippen molar-refractivity contribution in [3.8, 4) is 28.4 Å². The fraction of sp³-hybridized carbons (Fsp3) is 0.250. The van der Waals surface area contributed by atoms with E-state index < -0.39 is 0 Å². The van der Waals surface area contributed by atoms with Crippen LogP contribution >= 0.6 is 0 Å². The Morgan fingerprint density at radius 3 is 2.67 bits per heavy atom. The van der Waals surface area contributed by atoms with Gasteiger partial charge >= 0.3 is 0 Å². The summed E-state index contributed by atoms with van der Waals surface area (Å²) in [5.74, 6) is 0.812. The van der Waals surface area contributed by atoms with Crippen molar-refractivity contribution >= 4 is 22.3 Å². The van der Waals surface area contributed by atoms with E-state index in [4.69, 9.17) is 14.5 Å². The van der Waals surface area contributed by atoms with Gasteiger partial charge in [-0.05, 0) is 35.2 Å². The van der Waals surface area contributed by atoms with Gasteiger partial charge in [0.25, 0.3) is 5.56 Å². The Bertz CT molecular complexity index is 1640. The van der Waals surface area contributed by atoms with E-state index in [1.54, 1.807) is 12.4 Å². The van der Waals surface area contributed by atoms with Gasteiger partial charge in [-0.3, -0.25) is 19.4 Å². The molecule has 1 fully saturated rings. The number of aromatic nitrogens is 6. The largest absolute Gasteiger partial charge is 0.480 e. The normalized spacial score (nSPS) is 14.0. The van der Waals surface area contributed by atoms with Crippen molar-refractivity contribution in [2.24, 2.45) is 0 Å². The van der Waals surface area contributed by atoms with Gasteiger partial charge < -0.3 is 19.8 Å². The number of methoxy groups -OCH3 is 1. The summed E-state index contributed by atoms with van der Waals surface area (Å²) in [6.07, 6.45) is 8.71. The van der Waals surface area contributed by atoms with E-state index in [1.807, 2.05) is 47.3 Å². The minimum atomic E-state index is -0.230. The highest BCUT2D eigenvalue weighted by Gasteiger charge is 2.14. The number of hydrogen-bond acceptors (Lipinski definition) is 9. The average Bonchev–Trinajstić information content (AvgIpc) is 3.46. The molecule has 6 rings (SSSR count). The van der Waals surface area contributed by atoms with E-state index in [1.165, 1.54) is 13.3 Å². The van der Waals surface area contributed by atoms with Gasteiger partial charge in [0.15, 0.2) is 0 Å². The minimum Gasteiger partial charge on any atom is -0.480 e. The second kappa shape index (κ2) is 11.0. The molecule has 11 heteroatoms. The number of rotatable bonds is 8. The summed E-state index contributed by atoms with van der Waals surface area (Å²) in [5.41, 5.74) is 3.77. The van der Waals surface area contributed by atoms with Crippen LogP contribution in [0.3, 0.4) is 0 Å². The predicted molar refractivity (Wildman–Crippen MR) is 148 cm³/mol. The Kier molecular flexibility index (Phi) is 6.98. The number of morpholine rings is 1. The minimum absolute atomic E-state index is 0.230. The van der Waals surface area contributed by atoms with E-state index in [-0.39, 0.29) is 5.56 Å². The summed E-state index contributed by atoms with van der Waals surface area (Å²) in [4.78, 5) is 31.2. The highest BCUT2D eigenvalue weighted by atomic mass is 16.5. The first-order valence-electron chi connectivity index (χ1n) is 12.8. The fourth-order valence-electron chi connectivity index (χ4n) is 4.59. The van der Waals surface area contributed by atoms with Crippen LogP contribution in [-0.2, 0) is 11.3 Å². The van der Waals surface area contributed by atoms with Crippen LogP contribution in [0.2, 0.25) is 0 Å². The lowest BCUT2D eigenvalue weighted by atomic mass is 10.1. The van der Waals surface area contributed by atoms with Crippen molar-refractivity contribution in [2.45, 2.75) is 6.54 Å². The first-order chi connectivity index (χ1) is 19.2. The molecule has 0 aliphatic carbocycles. The van der Waals surface area contributed by atoms with Crippen molar-refractivity contribution in [3.05, 3.63) is 77.7 Å². The topological polar surface area (TPSA) is 123 Å². The Labute approximate surface area is 224 Å². The third kappa shape index (κ3) is 5.49. The summed E-state index contributed by atoms with van der Waals surface area (Å²) >= 11 is 0. The monoisotopic (exact) mass is 524 g/mol. The van der Waals surface area contributed by atoms with Gasteiger partial charge in [-0.2, -0.15) is 5.10 Å². The van der Waals surface area contributed by atoms with Crippen LogP contribution in [0.5, 0.6) is 5.88 Å². The third-order valence-corrected chi connectivity index (χ3v) is 6.70. The zero-order valence-corrected chi connectivity index (χ0v) is 21.5. The molecule has 0 unspecified atom stereocenters. The summed E-state index contributed by atoms with van der Waals surface area (Å²) < 4.78 is 12.6. The first-order valence-corrected chi connectivity index (χ1v) is 12.8. The molecule has 1 aromatic carbocycles. The van der Waals surface area contributed by atoms with Crippen molar-refractivity contribution in [1.82, 2.24) is 34.6 Å². The Morgan fingerprint density at radius 2 is 1.85 bits per heavy atom. The molecule has 1 aliphatic heterocycles. The van der Waals surface area contributed by atoms with Gasteiger partial charge in [0.1, 0.15) is 11.5 Å². The van der Waals surface area contributed by atoms with Crippen LogP contribution in [-0.4, -0.2) is 74.6 Å². The second-order valence-electron chi connectivity index (χ2n) is 9.22. The molecule has 0 spiro atoms. The number of fused-ring (bicyclic) bond motifs is 1. The number of anilines is 2. The summed E-state index contributed by atoms with van der Waals surface area (Å²) in [6, 6.07) is 11.6. The number of aromatic amines is 1. The van der Waals surface area contributed by atoms with Crippen LogP contribution in [0.25, 0.3) is 33.3 Å². The lowest BCUT2D eigenvalue weighted by Gasteiger charge is -2.26. The fourth-order valence-corrected chi connectivity index (χ4v) is 4.59. The van der Waals surface area contributed by atoms with Crippen molar-refractivity contribution in [1.29, 1.82) is 0 Å². The van der Waals surface area contributed by atoms with Gasteiger partial charge in [0.05, 0.1) is 56.5 Å². The lowest BCUT2D eigenvalue weighted by Crippen LogP contribution is -2.38. The number of ether oxygens (including phenoxy) is 2. The molecule has 5 aromatic rings. The van der Waals surface area contributed by atoms with E-state index in [9.17, 15) is 4.79 Å². The molecule has 0 saturated carbocycles. The standard InChI is InChI=1S/C28H28N8O3/c1-38-25-17-29-16-24(33-25)23-14-20-6-7-30-28(37)26(20)27(34-23)32-22-4-2-19(3-5-22)21-15-31-36(18-21)9-8-35-10-12-39-13-11-35/h2-7,14-18H,8-13H2,1H3,(H,30,37)(H,32,34). The van der Waals surface area contributed by atoms with Gasteiger partial charge in [-0.15, -0.1) is 0 Å². The zero-order valence-electron chi connectivity index (χ0n) is 21.5. The molecule has 0 bridgehead atoms. The van der Waals surface area contributed by atoms with Crippen molar-refractivity contribution in [3.63, 3.8) is 0 Å². The average molecular weight is 525 g/mol. The molecule has 39 heavy (non-hydrogen) atoms. The maximum absolute atomic E-state index is 12.7. The van der Waals surface area contributed by atoms with Crippen LogP contribution in [0.1, 0.15) is 0 Å². The highest BCUT2D eigenvalue weighted by molar-refractivity contribution is 5.95. The Morgan fingerprint density at radius 1 is 1.00 bits per heavy atom. The second-order valence-corrected chi connectivity index (χ2v) is 9.22. The number of H-pyrrole nitrogens is 1. The number of pyridine rings is 2. The number of benzene rings is 1. The molecule has 2 N–H and O–H groups in total. The SMILES string of the molecule is COc1cncc(-c2cc3cc[nH]c(=O)c3c(Nc3ccc(-c4cnn(CCN5CCOCC5)c4)cc3)n2)n1. The van der Waals surface area contributed by atoms with Crippen LogP contribution in [0.15, 0.2) is 72.2 Å². The molecule has 0 radical (unpaired) electrons. The molecule has 11 nitrogen and oxygen atoms in total. The van der Waals surface area contributed by atoms with Gasteiger partial charge in [0.2, 0.25) is 5.88 Å². The molecule has 198 valence electrons. The smallest absolute Gasteiger partial charge is 0.259 e. The third-order valence-electron chi connectivity index (χ3n) is 6.70. The zero-order chi connectivity index (χ0) is 26.6. The molecule has 0 amide bonds. The van der Waals surface area contributed by atoms with Crippen molar-refractivity contribution < 1.29 is 9.47 Å². The van der Waals surface area contributed by atoms with E-state index in [0.717, 1.165) is 61.6 Å². The van der Waals surface area contributed by atoms with Gasteiger partial charge in [-0.25, -0.2) is 9.97 Å².